The minimum atomic E-state index is -0.678. The molecule has 0 amide bonds. The monoisotopic (exact) mass is 245 g/mol. The van der Waals surface area contributed by atoms with Crippen molar-refractivity contribution in [1.29, 1.82) is 0 Å². The maximum atomic E-state index is 11.3. The van der Waals surface area contributed by atoms with E-state index in [2.05, 4.69) is 4.98 Å². The normalized spacial score (nSPS) is 17.6. The summed E-state index contributed by atoms with van der Waals surface area (Å²) in [6.07, 6.45) is 3.14. The molecule has 1 aromatic heterocycles. The van der Waals surface area contributed by atoms with Gasteiger partial charge in [-0.05, 0) is 37.0 Å². The number of hydrogen-bond acceptors (Lipinski definition) is 3. The summed E-state index contributed by atoms with van der Waals surface area (Å²) in [5.41, 5.74) is 2.03. The Balaban J connectivity index is 1.92. The Hall–Kier alpha value is -1.84. The second-order valence-corrected chi connectivity index (χ2v) is 5.15. The highest BCUT2D eigenvalue weighted by molar-refractivity contribution is 5.77. The first-order chi connectivity index (χ1) is 8.59. The number of benzene rings is 1. The number of aromatic nitrogens is 1. The fourth-order valence-electron chi connectivity index (χ4n) is 2.65. The summed E-state index contributed by atoms with van der Waals surface area (Å²) in [5.74, 6) is -0.0404. The van der Waals surface area contributed by atoms with Crippen LogP contribution in [0.25, 0.3) is 11.1 Å². The third-order valence-corrected chi connectivity index (χ3v) is 3.87. The van der Waals surface area contributed by atoms with Gasteiger partial charge >= 0.3 is 5.97 Å². The van der Waals surface area contributed by atoms with Crippen LogP contribution in [0.15, 0.2) is 22.6 Å². The van der Waals surface area contributed by atoms with Crippen molar-refractivity contribution in [1.82, 2.24) is 4.98 Å². The van der Waals surface area contributed by atoms with Gasteiger partial charge in [0.2, 0.25) is 0 Å². The third-order valence-electron chi connectivity index (χ3n) is 3.87. The highest BCUT2D eigenvalue weighted by Gasteiger charge is 2.44. The predicted octanol–water partition coefficient (Wildman–Crippen LogP) is 2.93. The molecular weight excluding hydrogens is 230 g/mol. The Bertz CT molecular complexity index is 611. The first kappa shape index (κ1) is 11.3. The molecule has 0 bridgehead atoms. The van der Waals surface area contributed by atoms with Gasteiger partial charge in [-0.15, -0.1) is 0 Å². The van der Waals surface area contributed by atoms with Crippen molar-refractivity contribution in [2.75, 3.05) is 0 Å². The fraction of sp³-hybridized carbons (Fsp3) is 0.429. The van der Waals surface area contributed by atoms with E-state index in [9.17, 15) is 9.90 Å². The van der Waals surface area contributed by atoms with Crippen LogP contribution in [0.4, 0.5) is 0 Å². The zero-order valence-electron chi connectivity index (χ0n) is 10.3. The number of oxazole rings is 1. The molecule has 1 aromatic carbocycles. The van der Waals surface area contributed by atoms with Crippen molar-refractivity contribution in [3.05, 3.63) is 29.7 Å². The molecule has 0 unspecified atom stereocenters. The van der Waals surface area contributed by atoms with E-state index in [4.69, 9.17) is 4.42 Å². The van der Waals surface area contributed by atoms with E-state index < -0.39 is 11.4 Å². The summed E-state index contributed by atoms with van der Waals surface area (Å²) in [5, 5.41) is 9.33. The minimum absolute atomic E-state index is 0.553. The van der Waals surface area contributed by atoms with E-state index in [-0.39, 0.29) is 0 Å². The molecule has 2 aromatic rings. The van der Waals surface area contributed by atoms with Crippen LogP contribution in [0.2, 0.25) is 0 Å². The van der Waals surface area contributed by atoms with Crippen LogP contribution >= 0.6 is 0 Å². The van der Waals surface area contributed by atoms with E-state index in [1.54, 1.807) is 0 Å². The van der Waals surface area contributed by atoms with Gasteiger partial charge < -0.3 is 9.52 Å². The zero-order chi connectivity index (χ0) is 12.8. The quantitative estimate of drug-likeness (QED) is 0.903. The van der Waals surface area contributed by atoms with Gasteiger partial charge in [-0.1, -0.05) is 12.5 Å². The van der Waals surface area contributed by atoms with Crippen molar-refractivity contribution >= 4 is 17.1 Å². The van der Waals surface area contributed by atoms with Gasteiger partial charge in [-0.3, -0.25) is 4.79 Å². The SMILES string of the molecule is Cc1nc2ccc(CC3(C(=O)O)CCC3)cc2o1. The highest BCUT2D eigenvalue weighted by Crippen LogP contribution is 2.44. The number of nitrogens with zero attached hydrogens (tertiary/aromatic N) is 1. The minimum Gasteiger partial charge on any atom is -0.481 e. The molecule has 1 saturated carbocycles. The molecule has 1 N–H and O–H groups in total. The molecule has 0 aliphatic heterocycles. The number of hydrogen-bond donors (Lipinski definition) is 1. The van der Waals surface area contributed by atoms with E-state index in [1.807, 2.05) is 25.1 Å². The molecular formula is C14H15NO3. The first-order valence-electron chi connectivity index (χ1n) is 6.19. The first-order valence-corrected chi connectivity index (χ1v) is 6.19. The second-order valence-electron chi connectivity index (χ2n) is 5.15. The maximum absolute atomic E-state index is 11.3. The molecule has 0 saturated heterocycles. The number of carboxylic acids is 1. The maximum Gasteiger partial charge on any atom is 0.309 e. The molecule has 1 fully saturated rings. The number of carboxylic acid groups (broad SMARTS) is 1. The van der Waals surface area contributed by atoms with E-state index >= 15 is 0 Å². The van der Waals surface area contributed by atoms with Crippen molar-refractivity contribution in [3.63, 3.8) is 0 Å². The molecule has 18 heavy (non-hydrogen) atoms. The molecule has 4 nitrogen and oxygen atoms in total. The number of aryl methyl sites for hydroxylation is 1. The summed E-state index contributed by atoms with van der Waals surface area (Å²) in [6, 6.07) is 5.76. The molecule has 0 spiro atoms. The number of rotatable bonds is 3. The standard InChI is InChI=1S/C14H15NO3/c1-9-15-11-4-3-10(7-12(11)18-9)8-14(13(16)17)5-2-6-14/h3-4,7H,2,5-6,8H2,1H3,(H,16,17). The van der Waals surface area contributed by atoms with Crippen LogP contribution in [0.5, 0.6) is 0 Å². The average molecular weight is 245 g/mol. The lowest BCUT2D eigenvalue weighted by molar-refractivity contribution is -0.154. The summed E-state index contributed by atoms with van der Waals surface area (Å²) in [7, 11) is 0. The smallest absolute Gasteiger partial charge is 0.309 e. The Morgan fingerprint density at radius 3 is 2.89 bits per heavy atom. The number of aliphatic carboxylic acids is 1. The molecule has 0 atom stereocenters. The molecule has 4 heteroatoms. The number of fused-ring (bicyclic) bond motifs is 1. The van der Waals surface area contributed by atoms with Gasteiger partial charge in [0, 0.05) is 6.92 Å². The molecule has 3 rings (SSSR count). The Labute approximate surface area is 105 Å². The molecule has 1 aliphatic carbocycles. The van der Waals surface area contributed by atoms with Gasteiger partial charge in [0.15, 0.2) is 11.5 Å². The predicted molar refractivity (Wildman–Crippen MR) is 66.4 cm³/mol. The second kappa shape index (κ2) is 3.83. The Morgan fingerprint density at radius 1 is 1.50 bits per heavy atom. The summed E-state index contributed by atoms with van der Waals surface area (Å²) in [4.78, 5) is 15.6. The lowest BCUT2D eigenvalue weighted by Crippen LogP contribution is -2.39. The third kappa shape index (κ3) is 1.68. The molecule has 0 radical (unpaired) electrons. The van der Waals surface area contributed by atoms with Gasteiger partial charge in [0.1, 0.15) is 5.52 Å². The fourth-order valence-corrected chi connectivity index (χ4v) is 2.65. The van der Waals surface area contributed by atoms with Crippen LogP contribution in [-0.2, 0) is 11.2 Å². The summed E-state index contributed by atoms with van der Waals surface area (Å²) < 4.78 is 5.48. The van der Waals surface area contributed by atoms with Crippen LogP contribution in [0.1, 0.15) is 30.7 Å². The average Bonchev–Trinajstić information content (AvgIpc) is 2.62. The highest BCUT2D eigenvalue weighted by atomic mass is 16.4. The van der Waals surface area contributed by atoms with E-state index in [0.717, 1.165) is 35.9 Å². The summed E-state index contributed by atoms with van der Waals surface area (Å²) in [6.45, 7) is 1.81. The number of carbonyl (C=O) groups is 1. The van der Waals surface area contributed by atoms with Crippen molar-refractivity contribution in [2.24, 2.45) is 5.41 Å². The van der Waals surface area contributed by atoms with E-state index in [0.29, 0.717) is 12.3 Å². The Morgan fingerprint density at radius 2 is 2.28 bits per heavy atom. The van der Waals surface area contributed by atoms with E-state index in [1.165, 1.54) is 0 Å². The largest absolute Gasteiger partial charge is 0.481 e. The van der Waals surface area contributed by atoms with Crippen LogP contribution < -0.4 is 0 Å². The van der Waals surface area contributed by atoms with Gasteiger partial charge in [0.05, 0.1) is 5.41 Å². The van der Waals surface area contributed by atoms with Crippen LogP contribution in [0, 0.1) is 12.3 Å². The van der Waals surface area contributed by atoms with Gasteiger partial charge in [-0.25, -0.2) is 4.98 Å². The van der Waals surface area contributed by atoms with Crippen LogP contribution in [-0.4, -0.2) is 16.1 Å². The Kier molecular flexibility index (Phi) is 2.40. The summed E-state index contributed by atoms with van der Waals surface area (Å²) >= 11 is 0. The zero-order valence-corrected chi connectivity index (χ0v) is 10.3. The topological polar surface area (TPSA) is 63.3 Å². The van der Waals surface area contributed by atoms with Crippen molar-refractivity contribution < 1.29 is 14.3 Å². The lowest BCUT2D eigenvalue weighted by Gasteiger charge is -2.37. The lowest BCUT2D eigenvalue weighted by atomic mass is 9.65. The van der Waals surface area contributed by atoms with Gasteiger partial charge in [0.25, 0.3) is 0 Å². The van der Waals surface area contributed by atoms with Gasteiger partial charge in [-0.2, -0.15) is 0 Å². The van der Waals surface area contributed by atoms with Crippen molar-refractivity contribution in [2.45, 2.75) is 32.6 Å². The molecule has 94 valence electrons. The van der Waals surface area contributed by atoms with Crippen molar-refractivity contribution in [3.8, 4) is 0 Å². The van der Waals surface area contributed by atoms with Crippen LogP contribution in [0.3, 0.4) is 0 Å². The molecule has 1 aliphatic rings. The molecule has 1 heterocycles.